The molecule has 0 bridgehead atoms. The summed E-state index contributed by atoms with van der Waals surface area (Å²) in [5, 5.41) is 0. The summed E-state index contributed by atoms with van der Waals surface area (Å²) in [7, 11) is -5.17. The molecule has 0 aromatic carbocycles. The molecular weight excluding hydrogens is 482 g/mol. The summed E-state index contributed by atoms with van der Waals surface area (Å²) < 4.78 is 44.7. The van der Waals surface area contributed by atoms with Crippen LogP contribution >= 0.6 is 0 Å². The van der Waals surface area contributed by atoms with Gasteiger partial charge in [0.2, 0.25) is 0 Å². The maximum Gasteiger partial charge on any atom is 0.508 e. The number of hydrogen-bond acceptors (Lipinski definition) is 8. The third-order valence-corrected chi connectivity index (χ3v) is 9.14. The van der Waals surface area contributed by atoms with Gasteiger partial charge in [0.05, 0.1) is 6.61 Å². The van der Waals surface area contributed by atoms with E-state index in [1.54, 1.807) is 0 Å². The highest BCUT2D eigenvalue weighted by Gasteiger charge is 2.57. The first-order valence-corrected chi connectivity index (χ1v) is 14.1. The van der Waals surface area contributed by atoms with Crippen molar-refractivity contribution in [3.8, 4) is 0 Å². The maximum absolute atomic E-state index is 11.8. The molecule has 4 aliphatic rings. The lowest BCUT2D eigenvalue weighted by Crippen LogP contribution is -2.50. The van der Waals surface area contributed by atoms with Crippen LogP contribution in [0.4, 0.5) is 4.79 Å². The number of aromatic nitrogens is 1. The number of allylic oxidation sites excluding steroid dienone is 3. The number of ether oxygens (including phenoxy) is 2. The monoisotopic (exact) mass is 517 g/mol. The smallest absolute Gasteiger partial charge is 0.508 e. The first-order chi connectivity index (χ1) is 17.0. The first kappa shape index (κ1) is 26.8. The van der Waals surface area contributed by atoms with Gasteiger partial charge in [0.25, 0.3) is 0 Å². The van der Waals surface area contributed by atoms with Gasteiger partial charge in [-0.05, 0) is 91.2 Å². The lowest BCUT2D eigenvalue weighted by molar-refractivity contribution is -0.0353. The Morgan fingerprint density at radius 3 is 2.50 bits per heavy atom. The number of pyridine rings is 1. The van der Waals surface area contributed by atoms with Gasteiger partial charge in [-0.1, -0.05) is 37.6 Å². The van der Waals surface area contributed by atoms with Gasteiger partial charge in [0, 0.05) is 29.2 Å². The molecule has 0 aliphatic heterocycles. The lowest BCUT2D eigenvalue weighted by atomic mass is 9.47. The van der Waals surface area contributed by atoms with Crippen molar-refractivity contribution in [3.05, 3.63) is 47.8 Å². The number of nitrogens with zero attached hydrogens (tertiary/aromatic N) is 1. The van der Waals surface area contributed by atoms with Crippen LogP contribution in [-0.2, 0) is 19.9 Å². The summed E-state index contributed by atoms with van der Waals surface area (Å²) in [5.41, 5.74) is 4.86. The molecule has 0 N–H and O–H groups in total. The molecule has 1 aromatic rings. The predicted molar refractivity (Wildman–Crippen MR) is 132 cm³/mol. The van der Waals surface area contributed by atoms with E-state index in [1.807, 2.05) is 19.3 Å². The van der Waals surface area contributed by atoms with Crippen molar-refractivity contribution >= 4 is 22.1 Å². The molecule has 9 heteroatoms. The molecule has 0 spiro atoms. The van der Waals surface area contributed by atoms with E-state index in [4.69, 9.17) is 27.0 Å². The molecule has 6 atom stereocenters. The standard InChI is InChI=1S/C27H35NO3.H2O4S/c1-4-30-25(29)31-20-11-13-26(2)19(16-20)7-8-21-23-10-9-22(18-6-5-15-28-17-18)27(23,3)14-12-24(21)26;1-5(2,3)4/h5-7,9,15,17,20-21,23-24H,4,8,10-14,16H2,1-3H3;(H2,1,2,3,4)/p-2/t20?,21?,23?,24?,26-,27+;/m0./s1. The van der Waals surface area contributed by atoms with Gasteiger partial charge < -0.3 is 18.6 Å². The van der Waals surface area contributed by atoms with E-state index in [0.29, 0.717) is 12.5 Å². The van der Waals surface area contributed by atoms with Crippen molar-refractivity contribution in [3.63, 3.8) is 0 Å². The van der Waals surface area contributed by atoms with E-state index in [1.165, 1.54) is 36.0 Å². The number of hydrogen-bond donors (Lipinski definition) is 0. The lowest BCUT2D eigenvalue weighted by Gasteiger charge is -2.57. The SMILES string of the molecule is CCOC(=O)OC1CC[C@@]2(C)C(=CCC3C2CC[C@]2(C)C(c4cccnc4)=CCC32)C1.O=S(=O)([O-])[O-]. The Bertz CT molecular complexity index is 1120. The second kappa shape index (κ2) is 10.3. The Labute approximate surface area is 213 Å². The Balaban J connectivity index is 0.000000556. The molecule has 1 aromatic heterocycles. The highest BCUT2D eigenvalue weighted by Crippen LogP contribution is 2.66. The second-order valence-corrected chi connectivity index (χ2v) is 11.7. The zero-order chi connectivity index (χ0) is 26.1. The summed E-state index contributed by atoms with van der Waals surface area (Å²) in [6, 6.07) is 4.29. The van der Waals surface area contributed by atoms with E-state index in [-0.39, 0.29) is 16.9 Å². The van der Waals surface area contributed by atoms with Crippen molar-refractivity contribution in [1.82, 2.24) is 4.98 Å². The fraction of sp³-hybridized carbons (Fsp3) is 0.630. The molecule has 1 heterocycles. The van der Waals surface area contributed by atoms with Crippen LogP contribution in [-0.4, -0.2) is 41.4 Å². The average molecular weight is 518 g/mol. The molecule has 0 saturated heterocycles. The van der Waals surface area contributed by atoms with Crippen molar-refractivity contribution in [2.24, 2.45) is 28.6 Å². The molecule has 0 radical (unpaired) electrons. The summed E-state index contributed by atoms with van der Waals surface area (Å²) >= 11 is 0. The molecule has 4 aliphatic carbocycles. The topological polar surface area (TPSA) is 129 Å². The third-order valence-electron chi connectivity index (χ3n) is 9.14. The van der Waals surface area contributed by atoms with Crippen molar-refractivity contribution in [2.75, 3.05) is 6.61 Å². The highest BCUT2D eigenvalue weighted by atomic mass is 32.3. The predicted octanol–water partition coefficient (Wildman–Crippen LogP) is 5.24. The second-order valence-electron chi connectivity index (χ2n) is 10.9. The molecule has 5 rings (SSSR count). The fourth-order valence-electron chi connectivity index (χ4n) is 7.55. The van der Waals surface area contributed by atoms with E-state index in [0.717, 1.165) is 37.5 Å². The van der Waals surface area contributed by atoms with Gasteiger partial charge in [-0.15, -0.1) is 0 Å². The van der Waals surface area contributed by atoms with E-state index in [2.05, 4.69) is 43.1 Å². The van der Waals surface area contributed by atoms with Crippen LogP contribution in [0.25, 0.3) is 5.57 Å². The molecular formula is C27H35NO7S-2. The molecule has 36 heavy (non-hydrogen) atoms. The number of fused-ring (bicyclic) bond motifs is 5. The molecule has 8 nitrogen and oxygen atoms in total. The Kier molecular flexibility index (Phi) is 7.65. The van der Waals surface area contributed by atoms with Crippen LogP contribution < -0.4 is 0 Å². The average Bonchev–Trinajstić information content (AvgIpc) is 3.16. The highest BCUT2D eigenvalue weighted by molar-refractivity contribution is 7.79. The van der Waals surface area contributed by atoms with Gasteiger partial charge in [0.1, 0.15) is 6.10 Å². The van der Waals surface area contributed by atoms with Gasteiger partial charge in [-0.3, -0.25) is 13.4 Å². The summed E-state index contributed by atoms with van der Waals surface area (Å²) in [5.74, 6) is 2.18. The van der Waals surface area contributed by atoms with Gasteiger partial charge >= 0.3 is 6.16 Å². The van der Waals surface area contributed by atoms with Crippen LogP contribution in [0.1, 0.15) is 71.3 Å². The number of carbonyl (C=O) groups is 1. The number of rotatable bonds is 3. The summed E-state index contributed by atoms with van der Waals surface area (Å²) in [6.07, 6.45) is 16.2. The van der Waals surface area contributed by atoms with Gasteiger partial charge in [-0.25, -0.2) is 4.79 Å². The van der Waals surface area contributed by atoms with Gasteiger partial charge in [-0.2, -0.15) is 0 Å². The maximum atomic E-state index is 11.8. The Morgan fingerprint density at radius 1 is 1.11 bits per heavy atom. The third kappa shape index (κ3) is 5.38. The van der Waals surface area contributed by atoms with Crippen LogP contribution in [0.2, 0.25) is 0 Å². The van der Waals surface area contributed by atoms with Crippen molar-refractivity contribution in [2.45, 2.75) is 71.8 Å². The minimum absolute atomic E-state index is 0.0332. The van der Waals surface area contributed by atoms with Crippen molar-refractivity contribution in [1.29, 1.82) is 0 Å². The van der Waals surface area contributed by atoms with Crippen LogP contribution in [0.5, 0.6) is 0 Å². The van der Waals surface area contributed by atoms with Crippen LogP contribution in [0, 0.1) is 28.6 Å². The Hall–Kier alpha value is -2.23. The van der Waals surface area contributed by atoms with E-state index in [9.17, 15) is 4.79 Å². The molecule has 4 unspecified atom stereocenters. The quantitative estimate of drug-likeness (QED) is 0.230. The largest absolute Gasteiger partial charge is 0.759 e. The van der Waals surface area contributed by atoms with Crippen LogP contribution in [0.3, 0.4) is 0 Å². The molecule has 2 fully saturated rings. The molecule has 2 saturated carbocycles. The summed E-state index contributed by atoms with van der Waals surface area (Å²) in [6.45, 7) is 7.18. The zero-order valence-electron chi connectivity index (χ0n) is 21.1. The first-order valence-electron chi connectivity index (χ1n) is 12.8. The van der Waals surface area contributed by atoms with E-state index < -0.39 is 16.6 Å². The van der Waals surface area contributed by atoms with E-state index >= 15 is 0 Å². The molecule has 0 amide bonds. The Morgan fingerprint density at radius 2 is 1.83 bits per heavy atom. The van der Waals surface area contributed by atoms with Crippen molar-refractivity contribution < 1.29 is 31.8 Å². The summed E-state index contributed by atoms with van der Waals surface area (Å²) in [4.78, 5) is 16.2. The fourth-order valence-corrected chi connectivity index (χ4v) is 7.55. The minimum atomic E-state index is -5.17. The zero-order valence-corrected chi connectivity index (χ0v) is 22.0. The van der Waals surface area contributed by atoms with Crippen LogP contribution in [0.15, 0.2) is 42.3 Å². The normalized spacial score (nSPS) is 35.0. The molecule has 198 valence electrons. The minimum Gasteiger partial charge on any atom is -0.759 e. The van der Waals surface area contributed by atoms with Gasteiger partial charge in [0.15, 0.2) is 0 Å². The number of carbonyl (C=O) groups excluding carboxylic acids is 1.